The Bertz CT molecular complexity index is 795. The quantitative estimate of drug-likeness (QED) is 0.270. The molecule has 0 aromatic carbocycles. The van der Waals surface area contributed by atoms with Gasteiger partial charge in [-0.05, 0) is 116 Å². The molecule has 3 saturated carbocycles. The summed E-state index contributed by atoms with van der Waals surface area (Å²) in [5.74, 6) is 2.94. The maximum Gasteiger partial charge on any atom is 0.293 e. The van der Waals surface area contributed by atoms with Crippen LogP contribution in [0.25, 0.3) is 0 Å². The SMILES string of the molecule is C[C@@H]1CC[C@]2(C)CC[C@]3(C)C(=CCC4[C@@](C)(CCOC=O)C(C(C)(C)O)CC[C@]43C)C2[C@H]1C. The predicted molar refractivity (Wildman–Crippen MR) is 135 cm³/mol. The van der Waals surface area contributed by atoms with E-state index < -0.39 is 5.60 Å². The maximum absolute atomic E-state index is 11.2. The molecule has 0 saturated heterocycles. The molecule has 9 atom stereocenters. The Morgan fingerprint density at radius 3 is 2.42 bits per heavy atom. The first-order chi connectivity index (χ1) is 15.2. The second-order valence-electron chi connectivity index (χ2n) is 14.2. The lowest BCUT2D eigenvalue weighted by molar-refractivity contribution is -0.186. The van der Waals surface area contributed by atoms with Gasteiger partial charge in [0.25, 0.3) is 6.47 Å². The molecule has 188 valence electrons. The number of hydrogen-bond donors (Lipinski definition) is 1. The summed E-state index contributed by atoms with van der Waals surface area (Å²) in [6.45, 7) is 20.2. The number of fused-ring (bicyclic) bond motifs is 5. The summed E-state index contributed by atoms with van der Waals surface area (Å²) in [7, 11) is 0. The zero-order valence-corrected chi connectivity index (χ0v) is 22.7. The minimum absolute atomic E-state index is 0.0640. The second kappa shape index (κ2) is 8.10. The molecule has 4 rings (SSSR count). The van der Waals surface area contributed by atoms with Gasteiger partial charge in [0.2, 0.25) is 0 Å². The highest BCUT2D eigenvalue weighted by Gasteiger charge is 2.66. The third-order valence-electron chi connectivity index (χ3n) is 12.3. The lowest BCUT2D eigenvalue weighted by Gasteiger charge is -2.70. The highest BCUT2D eigenvalue weighted by atomic mass is 16.5. The van der Waals surface area contributed by atoms with Crippen molar-refractivity contribution in [3.05, 3.63) is 11.6 Å². The molecule has 0 aromatic rings. The average molecular weight is 459 g/mol. The fourth-order valence-corrected chi connectivity index (χ4v) is 10.1. The van der Waals surface area contributed by atoms with Crippen molar-refractivity contribution in [2.45, 2.75) is 112 Å². The molecule has 0 spiro atoms. The molecule has 3 fully saturated rings. The topological polar surface area (TPSA) is 46.5 Å². The van der Waals surface area contributed by atoms with Crippen LogP contribution in [-0.4, -0.2) is 23.8 Å². The van der Waals surface area contributed by atoms with E-state index in [1.165, 1.54) is 32.1 Å². The van der Waals surface area contributed by atoms with Gasteiger partial charge in [-0.2, -0.15) is 0 Å². The van der Waals surface area contributed by atoms with E-state index in [1.807, 2.05) is 13.8 Å². The first-order valence-corrected chi connectivity index (χ1v) is 13.7. The minimum atomic E-state index is -0.736. The Morgan fingerprint density at radius 2 is 1.79 bits per heavy atom. The Labute approximate surface area is 203 Å². The molecule has 0 bridgehead atoms. The van der Waals surface area contributed by atoms with Crippen molar-refractivity contribution in [2.24, 2.45) is 51.2 Å². The van der Waals surface area contributed by atoms with Crippen molar-refractivity contribution in [1.29, 1.82) is 0 Å². The Hall–Kier alpha value is -0.830. The number of allylic oxidation sites excluding steroid dienone is 2. The van der Waals surface area contributed by atoms with Gasteiger partial charge in [-0.25, -0.2) is 0 Å². The first-order valence-electron chi connectivity index (χ1n) is 13.7. The van der Waals surface area contributed by atoms with E-state index in [1.54, 1.807) is 5.57 Å². The van der Waals surface area contributed by atoms with Crippen LogP contribution in [0.5, 0.6) is 0 Å². The van der Waals surface area contributed by atoms with Crippen LogP contribution in [0.4, 0.5) is 0 Å². The molecule has 0 amide bonds. The molecule has 3 heteroatoms. The molecule has 33 heavy (non-hydrogen) atoms. The third kappa shape index (κ3) is 3.57. The molecule has 3 nitrogen and oxygen atoms in total. The molecule has 0 aromatic heterocycles. The summed E-state index contributed by atoms with van der Waals surface area (Å²) in [6.07, 6.45) is 12.2. The number of aliphatic hydroxyl groups is 1. The first kappa shape index (κ1) is 25.3. The third-order valence-corrected chi connectivity index (χ3v) is 12.3. The van der Waals surface area contributed by atoms with Crippen LogP contribution >= 0.6 is 0 Å². The van der Waals surface area contributed by atoms with Gasteiger partial charge in [0.05, 0.1) is 12.2 Å². The van der Waals surface area contributed by atoms with Gasteiger partial charge in [0.1, 0.15) is 0 Å². The summed E-state index contributed by atoms with van der Waals surface area (Å²) in [6, 6.07) is 0. The Balaban J connectivity index is 1.79. The van der Waals surface area contributed by atoms with Crippen LogP contribution in [0, 0.1) is 51.2 Å². The second-order valence-corrected chi connectivity index (χ2v) is 14.2. The van der Waals surface area contributed by atoms with E-state index in [4.69, 9.17) is 4.74 Å². The zero-order chi connectivity index (χ0) is 24.4. The fraction of sp³-hybridized carbons (Fsp3) is 0.900. The van der Waals surface area contributed by atoms with E-state index in [-0.39, 0.29) is 22.2 Å². The van der Waals surface area contributed by atoms with E-state index in [2.05, 4.69) is 47.6 Å². The van der Waals surface area contributed by atoms with Crippen molar-refractivity contribution in [3.63, 3.8) is 0 Å². The molecule has 0 heterocycles. The van der Waals surface area contributed by atoms with E-state index >= 15 is 0 Å². The largest absolute Gasteiger partial charge is 0.468 e. The van der Waals surface area contributed by atoms with E-state index in [0.29, 0.717) is 30.3 Å². The van der Waals surface area contributed by atoms with E-state index in [9.17, 15) is 9.90 Å². The van der Waals surface area contributed by atoms with Crippen molar-refractivity contribution in [3.8, 4) is 0 Å². The van der Waals surface area contributed by atoms with Crippen LogP contribution in [-0.2, 0) is 9.53 Å². The lowest BCUT2D eigenvalue weighted by atomic mass is 9.35. The van der Waals surface area contributed by atoms with Gasteiger partial charge in [-0.15, -0.1) is 0 Å². The van der Waals surface area contributed by atoms with Gasteiger partial charge in [0, 0.05) is 0 Å². The Kier molecular flexibility index (Phi) is 6.21. The average Bonchev–Trinajstić information content (AvgIpc) is 2.71. The summed E-state index contributed by atoms with van der Waals surface area (Å²) >= 11 is 0. The predicted octanol–water partition coefficient (Wildman–Crippen LogP) is 7.18. The standard InChI is InChI=1S/C30H50O3/c1-20-11-13-27(5)15-16-29(7)22(25(27)21(20)2)9-10-24-28(6,17-18-33-19-31)23(26(3,4)32)12-14-30(24,29)8/h9,19-21,23-25,32H,10-18H2,1-8H3/t20-,21+,23?,24?,25?,27-,28+,29-,30-/m1/s1. The van der Waals surface area contributed by atoms with Crippen molar-refractivity contribution in [2.75, 3.05) is 6.61 Å². The normalized spacial score (nSPS) is 49.8. The summed E-state index contributed by atoms with van der Waals surface area (Å²) in [5.41, 5.74) is 1.85. The van der Waals surface area contributed by atoms with Gasteiger partial charge >= 0.3 is 0 Å². The molecular weight excluding hydrogens is 408 g/mol. The van der Waals surface area contributed by atoms with Crippen LogP contribution in [0.3, 0.4) is 0 Å². The molecule has 3 unspecified atom stereocenters. The number of ether oxygens (including phenoxy) is 1. The van der Waals surface area contributed by atoms with Gasteiger partial charge < -0.3 is 9.84 Å². The highest BCUT2D eigenvalue weighted by molar-refractivity contribution is 5.37. The number of hydrogen-bond acceptors (Lipinski definition) is 3. The van der Waals surface area contributed by atoms with Crippen LogP contribution in [0.2, 0.25) is 0 Å². The molecule has 0 radical (unpaired) electrons. The molecule has 4 aliphatic rings. The molecule has 0 aliphatic heterocycles. The van der Waals surface area contributed by atoms with Gasteiger partial charge in [-0.3, -0.25) is 4.79 Å². The van der Waals surface area contributed by atoms with Crippen molar-refractivity contribution >= 4 is 6.47 Å². The minimum Gasteiger partial charge on any atom is -0.468 e. The highest BCUT2D eigenvalue weighted by Crippen LogP contribution is 2.74. The Morgan fingerprint density at radius 1 is 1.09 bits per heavy atom. The van der Waals surface area contributed by atoms with Crippen LogP contribution < -0.4 is 0 Å². The zero-order valence-electron chi connectivity index (χ0n) is 22.7. The van der Waals surface area contributed by atoms with Crippen molar-refractivity contribution < 1.29 is 14.6 Å². The van der Waals surface area contributed by atoms with Gasteiger partial charge in [-0.1, -0.05) is 53.2 Å². The fourth-order valence-electron chi connectivity index (χ4n) is 10.1. The smallest absolute Gasteiger partial charge is 0.293 e. The lowest BCUT2D eigenvalue weighted by Crippen LogP contribution is -2.63. The van der Waals surface area contributed by atoms with Crippen molar-refractivity contribution in [1.82, 2.24) is 0 Å². The number of carbonyl (C=O) groups is 1. The van der Waals surface area contributed by atoms with E-state index in [0.717, 1.165) is 31.1 Å². The number of carbonyl (C=O) groups excluding carboxylic acids is 1. The summed E-state index contributed by atoms with van der Waals surface area (Å²) in [4.78, 5) is 11.0. The monoisotopic (exact) mass is 458 g/mol. The summed E-state index contributed by atoms with van der Waals surface area (Å²) < 4.78 is 5.24. The van der Waals surface area contributed by atoms with Crippen LogP contribution in [0.1, 0.15) is 107 Å². The van der Waals surface area contributed by atoms with Crippen LogP contribution in [0.15, 0.2) is 11.6 Å². The molecule has 4 aliphatic carbocycles. The summed E-state index contributed by atoms with van der Waals surface area (Å²) in [5, 5.41) is 11.2. The number of rotatable bonds is 5. The van der Waals surface area contributed by atoms with Gasteiger partial charge in [0.15, 0.2) is 0 Å². The maximum atomic E-state index is 11.2. The molecular formula is C30H50O3. The molecule has 1 N–H and O–H groups in total.